The Morgan fingerprint density at radius 3 is 2.95 bits per heavy atom. The molecule has 0 aromatic carbocycles. The van der Waals surface area contributed by atoms with Gasteiger partial charge in [0.15, 0.2) is 6.04 Å². The number of aliphatic carboxylic acids is 1. The van der Waals surface area contributed by atoms with E-state index in [0.29, 0.717) is 19.0 Å². The van der Waals surface area contributed by atoms with Gasteiger partial charge >= 0.3 is 12.0 Å². The lowest BCUT2D eigenvalue weighted by molar-refractivity contribution is -0.142. The maximum absolute atomic E-state index is 12.2. The van der Waals surface area contributed by atoms with Crippen molar-refractivity contribution in [1.82, 2.24) is 10.2 Å². The summed E-state index contributed by atoms with van der Waals surface area (Å²) < 4.78 is 0. The number of hydrogen-bond acceptors (Lipinski definition) is 3. The number of thiophene rings is 1. The van der Waals surface area contributed by atoms with E-state index < -0.39 is 12.0 Å². The standard InChI is InChI=1S/C15H22N2O3S/c1-10(2)4-3-7-16-15(20)17-8-5-12-11(6-9-21-12)13(17)14(18)19/h6,9-10,13H,3-5,7-8H2,1-2H3,(H,16,20)(H,18,19). The van der Waals surface area contributed by atoms with Gasteiger partial charge in [-0.25, -0.2) is 9.59 Å². The third-order valence-electron chi connectivity index (χ3n) is 3.70. The molecule has 2 N–H and O–H groups in total. The molecule has 0 aliphatic carbocycles. The van der Waals surface area contributed by atoms with E-state index in [-0.39, 0.29) is 6.03 Å². The minimum absolute atomic E-state index is 0.275. The van der Waals surface area contributed by atoms with Crippen molar-refractivity contribution in [3.05, 3.63) is 21.9 Å². The van der Waals surface area contributed by atoms with Gasteiger partial charge in [-0.05, 0) is 42.2 Å². The minimum atomic E-state index is -0.966. The Kier molecular flexibility index (Phi) is 5.22. The molecular weight excluding hydrogens is 288 g/mol. The summed E-state index contributed by atoms with van der Waals surface area (Å²) in [5.41, 5.74) is 0.760. The van der Waals surface area contributed by atoms with Crippen molar-refractivity contribution in [2.75, 3.05) is 13.1 Å². The molecule has 0 saturated carbocycles. The summed E-state index contributed by atoms with van der Waals surface area (Å²) in [7, 11) is 0. The largest absolute Gasteiger partial charge is 0.479 e. The molecule has 2 heterocycles. The molecule has 1 aliphatic rings. The summed E-state index contributed by atoms with van der Waals surface area (Å²) in [5, 5.41) is 14.2. The fraction of sp³-hybridized carbons (Fsp3) is 0.600. The molecule has 0 saturated heterocycles. The van der Waals surface area contributed by atoms with E-state index in [0.717, 1.165) is 29.7 Å². The Morgan fingerprint density at radius 1 is 1.52 bits per heavy atom. The van der Waals surface area contributed by atoms with E-state index in [1.54, 1.807) is 11.3 Å². The van der Waals surface area contributed by atoms with Gasteiger partial charge < -0.3 is 15.3 Å². The molecule has 1 aromatic rings. The molecule has 2 rings (SSSR count). The third kappa shape index (κ3) is 3.75. The number of carbonyl (C=O) groups excluding carboxylic acids is 1. The van der Waals surface area contributed by atoms with Crippen LogP contribution in [-0.2, 0) is 11.2 Å². The predicted molar refractivity (Wildman–Crippen MR) is 82.6 cm³/mol. The summed E-state index contributed by atoms with van der Waals surface area (Å²) in [5.74, 6) is -0.358. The van der Waals surface area contributed by atoms with Crippen LogP contribution in [0.5, 0.6) is 0 Å². The van der Waals surface area contributed by atoms with Gasteiger partial charge in [0.05, 0.1) is 0 Å². The van der Waals surface area contributed by atoms with Gasteiger partial charge in [-0.3, -0.25) is 0 Å². The van der Waals surface area contributed by atoms with Gasteiger partial charge in [0.25, 0.3) is 0 Å². The Bertz CT molecular complexity index is 513. The van der Waals surface area contributed by atoms with Gasteiger partial charge in [-0.1, -0.05) is 13.8 Å². The number of carboxylic acid groups (broad SMARTS) is 1. The highest BCUT2D eigenvalue weighted by molar-refractivity contribution is 7.10. The first-order valence-corrected chi connectivity index (χ1v) is 8.22. The van der Waals surface area contributed by atoms with Gasteiger partial charge in [-0.2, -0.15) is 0 Å². The topological polar surface area (TPSA) is 69.6 Å². The van der Waals surface area contributed by atoms with Crippen LogP contribution in [0.4, 0.5) is 4.79 Å². The molecule has 0 bridgehead atoms. The number of urea groups is 1. The quantitative estimate of drug-likeness (QED) is 0.822. The summed E-state index contributed by atoms with van der Waals surface area (Å²) in [4.78, 5) is 26.3. The van der Waals surface area contributed by atoms with Gasteiger partial charge in [-0.15, -0.1) is 11.3 Å². The number of carboxylic acids is 1. The maximum atomic E-state index is 12.2. The second kappa shape index (κ2) is 6.93. The van der Waals surface area contributed by atoms with Crippen LogP contribution in [0.3, 0.4) is 0 Å². The van der Waals surface area contributed by atoms with Crippen LogP contribution in [0.15, 0.2) is 11.4 Å². The number of amides is 2. The van der Waals surface area contributed by atoms with Gasteiger partial charge in [0.2, 0.25) is 0 Å². The fourth-order valence-corrected chi connectivity index (χ4v) is 3.51. The number of nitrogens with zero attached hydrogens (tertiary/aromatic N) is 1. The molecule has 0 fully saturated rings. The molecule has 1 aromatic heterocycles. The van der Waals surface area contributed by atoms with Gasteiger partial charge in [0, 0.05) is 18.0 Å². The van der Waals surface area contributed by atoms with Crippen LogP contribution < -0.4 is 5.32 Å². The predicted octanol–water partition coefficient (Wildman–Crippen LogP) is 2.88. The Hall–Kier alpha value is -1.56. The third-order valence-corrected chi connectivity index (χ3v) is 4.69. The zero-order valence-corrected chi connectivity index (χ0v) is 13.3. The van der Waals surface area contributed by atoms with E-state index in [1.165, 1.54) is 4.90 Å². The lowest BCUT2D eigenvalue weighted by Crippen LogP contribution is -2.48. The van der Waals surface area contributed by atoms with Crippen LogP contribution in [0.25, 0.3) is 0 Å². The van der Waals surface area contributed by atoms with Crippen molar-refractivity contribution >= 4 is 23.3 Å². The average molecular weight is 310 g/mol. The zero-order valence-electron chi connectivity index (χ0n) is 12.5. The normalized spacial score (nSPS) is 17.7. The lowest BCUT2D eigenvalue weighted by Gasteiger charge is -2.33. The minimum Gasteiger partial charge on any atom is -0.479 e. The molecule has 2 amide bonds. The van der Waals surface area contributed by atoms with Crippen LogP contribution in [0.1, 0.15) is 43.2 Å². The Morgan fingerprint density at radius 2 is 2.29 bits per heavy atom. The summed E-state index contributed by atoms with van der Waals surface area (Å²) in [6, 6.07) is 0.685. The van der Waals surface area contributed by atoms with Crippen molar-refractivity contribution < 1.29 is 14.7 Å². The van der Waals surface area contributed by atoms with E-state index in [9.17, 15) is 14.7 Å². The lowest BCUT2D eigenvalue weighted by atomic mass is 10.0. The van der Waals surface area contributed by atoms with Gasteiger partial charge in [0.1, 0.15) is 0 Å². The van der Waals surface area contributed by atoms with Crippen molar-refractivity contribution in [1.29, 1.82) is 0 Å². The Balaban J connectivity index is 1.98. The smallest absolute Gasteiger partial charge is 0.331 e. The Labute approximate surface area is 129 Å². The molecule has 116 valence electrons. The molecule has 1 aliphatic heterocycles. The van der Waals surface area contributed by atoms with Crippen molar-refractivity contribution in [3.63, 3.8) is 0 Å². The SMILES string of the molecule is CC(C)CCCNC(=O)N1CCc2sccc2C1C(=O)O. The second-order valence-corrected chi connectivity index (χ2v) is 6.75. The molecule has 1 unspecified atom stereocenters. The number of carbonyl (C=O) groups is 2. The summed E-state index contributed by atoms with van der Waals surface area (Å²) >= 11 is 1.56. The molecule has 0 radical (unpaired) electrons. The molecule has 1 atom stereocenters. The summed E-state index contributed by atoms with van der Waals surface area (Å²) in [6.45, 7) is 5.34. The molecule has 5 nitrogen and oxygen atoms in total. The van der Waals surface area contributed by atoms with Crippen molar-refractivity contribution in [2.24, 2.45) is 5.92 Å². The maximum Gasteiger partial charge on any atom is 0.331 e. The highest BCUT2D eigenvalue weighted by Crippen LogP contribution is 2.33. The molecule has 6 heteroatoms. The summed E-state index contributed by atoms with van der Waals surface area (Å²) in [6.07, 6.45) is 2.70. The second-order valence-electron chi connectivity index (χ2n) is 5.75. The van der Waals surface area contributed by atoms with E-state index >= 15 is 0 Å². The van der Waals surface area contributed by atoms with Crippen molar-refractivity contribution in [3.8, 4) is 0 Å². The van der Waals surface area contributed by atoms with Crippen LogP contribution in [0.2, 0.25) is 0 Å². The van der Waals surface area contributed by atoms with E-state index in [4.69, 9.17) is 0 Å². The fourth-order valence-electron chi connectivity index (χ4n) is 2.61. The highest BCUT2D eigenvalue weighted by Gasteiger charge is 2.36. The number of hydrogen-bond donors (Lipinski definition) is 2. The van der Waals surface area contributed by atoms with Crippen molar-refractivity contribution in [2.45, 2.75) is 39.2 Å². The first-order chi connectivity index (χ1) is 10.0. The molecule has 21 heavy (non-hydrogen) atoms. The van der Waals surface area contributed by atoms with E-state index in [1.807, 2.05) is 11.4 Å². The van der Waals surface area contributed by atoms with Crippen LogP contribution in [-0.4, -0.2) is 35.1 Å². The monoisotopic (exact) mass is 310 g/mol. The number of rotatable bonds is 5. The number of fused-ring (bicyclic) bond motifs is 1. The average Bonchev–Trinajstić information content (AvgIpc) is 2.89. The first-order valence-electron chi connectivity index (χ1n) is 7.34. The molecule has 0 spiro atoms. The first kappa shape index (κ1) is 15.8. The zero-order chi connectivity index (χ0) is 15.4. The number of nitrogens with one attached hydrogen (secondary N) is 1. The van der Waals surface area contributed by atoms with Crippen LogP contribution >= 0.6 is 11.3 Å². The van der Waals surface area contributed by atoms with Crippen LogP contribution in [0, 0.1) is 5.92 Å². The van der Waals surface area contributed by atoms with E-state index in [2.05, 4.69) is 19.2 Å². The highest BCUT2D eigenvalue weighted by atomic mass is 32.1. The molecular formula is C15H22N2O3S.